The van der Waals surface area contributed by atoms with E-state index in [1.165, 1.54) is 4.90 Å². The minimum atomic E-state index is -1.03. The molecule has 1 fully saturated rings. The van der Waals surface area contributed by atoms with Crippen molar-refractivity contribution in [3.05, 3.63) is 29.6 Å². The fraction of sp³-hybridized carbons (Fsp3) is 0.462. The lowest BCUT2D eigenvalue weighted by Crippen LogP contribution is -2.49. The highest BCUT2D eigenvalue weighted by Crippen LogP contribution is 2.09. The summed E-state index contributed by atoms with van der Waals surface area (Å²) >= 11 is 0. The highest BCUT2D eigenvalue weighted by molar-refractivity contribution is 5.80. The Morgan fingerprint density at radius 2 is 2.32 bits per heavy atom. The van der Waals surface area contributed by atoms with Crippen molar-refractivity contribution < 1.29 is 19.4 Å². The Balaban J connectivity index is 1.96. The Hall–Kier alpha value is -1.95. The van der Waals surface area contributed by atoms with Crippen LogP contribution in [0.15, 0.2) is 18.3 Å². The largest absolute Gasteiger partial charge is 0.479 e. The summed E-state index contributed by atoms with van der Waals surface area (Å²) in [6.45, 7) is 2.68. The van der Waals surface area contributed by atoms with Crippen molar-refractivity contribution in [3.63, 3.8) is 0 Å². The fourth-order valence-electron chi connectivity index (χ4n) is 1.91. The topological polar surface area (TPSA) is 79.7 Å². The Kier molecular flexibility index (Phi) is 4.11. The van der Waals surface area contributed by atoms with Crippen molar-refractivity contribution in [2.75, 3.05) is 19.7 Å². The second-order valence-corrected chi connectivity index (χ2v) is 4.52. The van der Waals surface area contributed by atoms with Gasteiger partial charge in [0.25, 0.3) is 0 Å². The summed E-state index contributed by atoms with van der Waals surface area (Å²) in [7, 11) is 0. The van der Waals surface area contributed by atoms with Gasteiger partial charge in [-0.15, -0.1) is 0 Å². The van der Waals surface area contributed by atoms with E-state index < -0.39 is 12.1 Å². The van der Waals surface area contributed by atoms with Crippen molar-refractivity contribution in [2.24, 2.45) is 0 Å². The van der Waals surface area contributed by atoms with E-state index in [0.717, 1.165) is 11.3 Å². The maximum absolute atomic E-state index is 12.1. The van der Waals surface area contributed by atoms with E-state index in [2.05, 4.69) is 4.98 Å². The van der Waals surface area contributed by atoms with Crippen LogP contribution in [-0.2, 0) is 20.7 Å². The minimum Gasteiger partial charge on any atom is -0.479 e. The van der Waals surface area contributed by atoms with Gasteiger partial charge in [0.2, 0.25) is 5.91 Å². The molecule has 0 bridgehead atoms. The van der Waals surface area contributed by atoms with E-state index >= 15 is 0 Å². The maximum atomic E-state index is 12.1. The third-order valence-corrected chi connectivity index (χ3v) is 3.02. The van der Waals surface area contributed by atoms with E-state index in [1.54, 1.807) is 6.20 Å². The van der Waals surface area contributed by atoms with Gasteiger partial charge < -0.3 is 14.7 Å². The van der Waals surface area contributed by atoms with Crippen molar-refractivity contribution in [1.82, 2.24) is 9.88 Å². The Bertz CT molecular complexity index is 472. The quantitative estimate of drug-likeness (QED) is 0.846. The summed E-state index contributed by atoms with van der Waals surface area (Å²) in [5, 5.41) is 8.89. The lowest BCUT2D eigenvalue weighted by molar-refractivity contribution is -0.159. The first-order chi connectivity index (χ1) is 9.06. The molecule has 2 rings (SSSR count). The van der Waals surface area contributed by atoms with Gasteiger partial charge in [-0.3, -0.25) is 9.78 Å². The molecule has 0 spiro atoms. The predicted octanol–water partition coefficient (Wildman–Crippen LogP) is 0.245. The van der Waals surface area contributed by atoms with Gasteiger partial charge in [0.1, 0.15) is 0 Å². The number of aliphatic carboxylic acids is 1. The van der Waals surface area contributed by atoms with Crippen LogP contribution in [0.1, 0.15) is 11.3 Å². The monoisotopic (exact) mass is 264 g/mol. The number of carbonyl (C=O) groups excluding carboxylic acids is 1. The zero-order chi connectivity index (χ0) is 13.8. The van der Waals surface area contributed by atoms with Crippen LogP contribution in [-0.4, -0.2) is 52.7 Å². The molecule has 0 saturated carbocycles. The number of morpholine rings is 1. The molecule has 102 valence electrons. The first kappa shape index (κ1) is 13.5. The molecule has 1 amide bonds. The summed E-state index contributed by atoms with van der Waals surface area (Å²) in [6, 6.07) is 3.71. The van der Waals surface area contributed by atoms with E-state index in [9.17, 15) is 9.59 Å². The maximum Gasteiger partial charge on any atom is 0.334 e. The van der Waals surface area contributed by atoms with Crippen LogP contribution in [0.25, 0.3) is 0 Å². The number of ether oxygens (including phenoxy) is 1. The molecular formula is C13H16N2O4. The van der Waals surface area contributed by atoms with Crippen LogP contribution in [0.3, 0.4) is 0 Å². The lowest BCUT2D eigenvalue weighted by atomic mass is 10.1. The molecule has 19 heavy (non-hydrogen) atoms. The molecule has 1 unspecified atom stereocenters. The number of hydrogen-bond acceptors (Lipinski definition) is 4. The molecule has 1 saturated heterocycles. The predicted molar refractivity (Wildman–Crippen MR) is 66.6 cm³/mol. The molecule has 1 N–H and O–H groups in total. The summed E-state index contributed by atoms with van der Waals surface area (Å²) in [5.74, 6) is -1.13. The first-order valence-corrected chi connectivity index (χ1v) is 6.10. The lowest BCUT2D eigenvalue weighted by Gasteiger charge is -2.30. The summed E-state index contributed by atoms with van der Waals surface area (Å²) in [6.07, 6.45) is 0.982. The van der Waals surface area contributed by atoms with E-state index in [4.69, 9.17) is 9.84 Å². The Morgan fingerprint density at radius 1 is 1.53 bits per heavy atom. The van der Waals surface area contributed by atoms with E-state index in [1.807, 2.05) is 19.1 Å². The summed E-state index contributed by atoms with van der Waals surface area (Å²) < 4.78 is 5.08. The normalized spacial score (nSPS) is 19.2. The van der Waals surface area contributed by atoms with Crippen molar-refractivity contribution in [3.8, 4) is 0 Å². The average Bonchev–Trinajstić information content (AvgIpc) is 2.41. The van der Waals surface area contributed by atoms with Crippen LogP contribution in [0.5, 0.6) is 0 Å². The molecule has 0 aliphatic carbocycles. The van der Waals surface area contributed by atoms with E-state index in [0.29, 0.717) is 6.54 Å². The molecule has 0 radical (unpaired) electrons. The zero-order valence-electron chi connectivity index (χ0n) is 10.7. The number of carboxylic acids is 1. The number of carboxylic acid groups (broad SMARTS) is 1. The zero-order valence-corrected chi connectivity index (χ0v) is 10.7. The van der Waals surface area contributed by atoms with Crippen molar-refractivity contribution in [2.45, 2.75) is 19.4 Å². The number of aromatic nitrogens is 1. The number of aryl methyl sites for hydroxylation is 1. The van der Waals surface area contributed by atoms with Gasteiger partial charge in [-0.05, 0) is 18.6 Å². The molecule has 2 heterocycles. The van der Waals surface area contributed by atoms with Gasteiger partial charge in [-0.25, -0.2) is 4.79 Å². The van der Waals surface area contributed by atoms with Gasteiger partial charge in [-0.2, -0.15) is 0 Å². The number of hydrogen-bond donors (Lipinski definition) is 1. The average molecular weight is 264 g/mol. The number of nitrogens with zero attached hydrogens (tertiary/aromatic N) is 2. The summed E-state index contributed by atoms with van der Waals surface area (Å²) in [5.41, 5.74) is 1.72. The van der Waals surface area contributed by atoms with Crippen LogP contribution in [0.2, 0.25) is 0 Å². The third kappa shape index (κ3) is 3.51. The molecule has 0 aromatic carbocycles. The fourth-order valence-corrected chi connectivity index (χ4v) is 1.91. The highest BCUT2D eigenvalue weighted by atomic mass is 16.5. The summed E-state index contributed by atoms with van der Waals surface area (Å²) in [4.78, 5) is 28.6. The number of amides is 1. The van der Waals surface area contributed by atoms with Gasteiger partial charge in [0.05, 0.1) is 19.6 Å². The highest BCUT2D eigenvalue weighted by Gasteiger charge is 2.28. The molecule has 1 atom stereocenters. The van der Waals surface area contributed by atoms with Crippen molar-refractivity contribution in [1.29, 1.82) is 0 Å². The smallest absolute Gasteiger partial charge is 0.334 e. The van der Waals surface area contributed by atoms with Crippen LogP contribution in [0.4, 0.5) is 0 Å². The van der Waals surface area contributed by atoms with Crippen LogP contribution >= 0.6 is 0 Å². The SMILES string of the molecule is Cc1ccc(CC(=O)N2CCOC(C(=O)O)C2)cn1. The third-order valence-electron chi connectivity index (χ3n) is 3.02. The standard InChI is InChI=1S/C13H16N2O4/c1-9-2-3-10(7-14-9)6-12(16)15-4-5-19-11(8-15)13(17)18/h2-3,7,11H,4-6,8H2,1H3,(H,17,18). The molecule has 6 heteroatoms. The first-order valence-electron chi connectivity index (χ1n) is 6.10. The molecular weight excluding hydrogens is 248 g/mol. The Labute approximate surface area is 111 Å². The van der Waals surface area contributed by atoms with Gasteiger partial charge in [0, 0.05) is 18.4 Å². The molecule has 1 aromatic heterocycles. The molecule has 1 aromatic rings. The molecule has 1 aliphatic rings. The van der Waals surface area contributed by atoms with Gasteiger partial charge >= 0.3 is 5.97 Å². The van der Waals surface area contributed by atoms with Crippen molar-refractivity contribution >= 4 is 11.9 Å². The Morgan fingerprint density at radius 3 is 2.95 bits per heavy atom. The van der Waals surface area contributed by atoms with Crippen LogP contribution < -0.4 is 0 Å². The molecule has 6 nitrogen and oxygen atoms in total. The van der Waals surface area contributed by atoms with E-state index in [-0.39, 0.29) is 25.5 Å². The van der Waals surface area contributed by atoms with Gasteiger partial charge in [-0.1, -0.05) is 6.07 Å². The van der Waals surface area contributed by atoms with Gasteiger partial charge in [0.15, 0.2) is 6.10 Å². The molecule has 1 aliphatic heterocycles. The number of rotatable bonds is 3. The van der Waals surface area contributed by atoms with Crippen LogP contribution in [0, 0.1) is 6.92 Å². The second kappa shape index (κ2) is 5.79. The number of pyridine rings is 1. The second-order valence-electron chi connectivity index (χ2n) is 4.52. The number of carbonyl (C=O) groups is 2. The minimum absolute atomic E-state index is 0.0970.